The molecular formula is C12H16FN3O. The number of pyridine rings is 1. The van der Waals surface area contributed by atoms with Gasteiger partial charge in [0.15, 0.2) is 5.82 Å². The van der Waals surface area contributed by atoms with Gasteiger partial charge in [-0.2, -0.15) is 0 Å². The Morgan fingerprint density at radius 3 is 3.06 bits per heavy atom. The molecule has 1 heterocycles. The number of carbonyl (C=O) groups is 1. The van der Waals surface area contributed by atoms with Crippen molar-refractivity contribution in [1.29, 1.82) is 0 Å². The molecule has 1 aliphatic rings. The van der Waals surface area contributed by atoms with E-state index in [2.05, 4.69) is 10.3 Å². The van der Waals surface area contributed by atoms with Crippen molar-refractivity contribution in [3.05, 3.63) is 29.8 Å². The van der Waals surface area contributed by atoms with E-state index < -0.39 is 11.7 Å². The molecule has 17 heavy (non-hydrogen) atoms. The molecule has 1 fully saturated rings. The van der Waals surface area contributed by atoms with Gasteiger partial charge in [0.2, 0.25) is 0 Å². The van der Waals surface area contributed by atoms with E-state index in [9.17, 15) is 9.18 Å². The van der Waals surface area contributed by atoms with Crippen LogP contribution in [0.25, 0.3) is 0 Å². The third kappa shape index (κ3) is 2.79. The highest BCUT2D eigenvalue weighted by molar-refractivity contribution is 5.94. The molecule has 1 aromatic heterocycles. The molecule has 1 amide bonds. The number of hydrogen-bond donors (Lipinski definition) is 2. The zero-order valence-electron chi connectivity index (χ0n) is 9.53. The molecule has 0 bridgehead atoms. The van der Waals surface area contributed by atoms with E-state index in [4.69, 9.17) is 5.73 Å². The summed E-state index contributed by atoms with van der Waals surface area (Å²) < 4.78 is 13.3. The molecule has 5 heteroatoms. The molecule has 0 saturated heterocycles. The van der Waals surface area contributed by atoms with Crippen LogP contribution >= 0.6 is 0 Å². The van der Waals surface area contributed by atoms with Gasteiger partial charge in [-0.1, -0.05) is 6.42 Å². The van der Waals surface area contributed by atoms with Gasteiger partial charge >= 0.3 is 0 Å². The number of amides is 1. The summed E-state index contributed by atoms with van der Waals surface area (Å²) in [6.07, 6.45) is 5.57. The largest absolute Gasteiger partial charge is 0.352 e. The molecule has 0 spiro atoms. The van der Waals surface area contributed by atoms with E-state index in [1.54, 1.807) is 0 Å². The van der Waals surface area contributed by atoms with Crippen LogP contribution in [0.15, 0.2) is 18.5 Å². The highest BCUT2D eigenvalue weighted by Gasteiger charge is 2.24. The Bertz CT molecular complexity index is 410. The number of aromatic nitrogens is 1. The number of nitrogens with zero attached hydrogens (tertiary/aromatic N) is 1. The van der Waals surface area contributed by atoms with Gasteiger partial charge in [0, 0.05) is 18.8 Å². The average Bonchev–Trinajstić information content (AvgIpc) is 2.72. The molecule has 1 saturated carbocycles. The molecule has 0 aliphatic heterocycles. The van der Waals surface area contributed by atoms with Crippen molar-refractivity contribution in [3.63, 3.8) is 0 Å². The molecule has 92 valence electrons. The molecule has 2 atom stereocenters. The average molecular weight is 237 g/mol. The fraction of sp³-hybridized carbons (Fsp3) is 0.500. The van der Waals surface area contributed by atoms with E-state index >= 15 is 0 Å². The molecule has 1 aliphatic carbocycles. The predicted octanol–water partition coefficient (Wildman–Crippen LogP) is 1.08. The predicted molar refractivity (Wildman–Crippen MR) is 61.8 cm³/mol. The normalized spacial score (nSPS) is 23.6. The van der Waals surface area contributed by atoms with Crippen LogP contribution in [-0.4, -0.2) is 23.5 Å². The Morgan fingerprint density at radius 1 is 1.59 bits per heavy atom. The number of nitrogens with two attached hydrogens (primary N) is 1. The van der Waals surface area contributed by atoms with Gasteiger partial charge in [-0.3, -0.25) is 9.78 Å². The van der Waals surface area contributed by atoms with Crippen molar-refractivity contribution < 1.29 is 9.18 Å². The minimum Gasteiger partial charge on any atom is -0.352 e. The molecule has 2 unspecified atom stereocenters. The summed E-state index contributed by atoms with van der Waals surface area (Å²) in [4.78, 5) is 15.3. The summed E-state index contributed by atoms with van der Waals surface area (Å²) in [7, 11) is 0. The monoisotopic (exact) mass is 237 g/mol. The van der Waals surface area contributed by atoms with Crippen molar-refractivity contribution in [2.24, 2.45) is 11.7 Å². The number of rotatable bonds is 3. The Kier molecular flexibility index (Phi) is 3.68. The Balaban J connectivity index is 1.91. The number of nitrogens with one attached hydrogen (secondary N) is 1. The zero-order valence-corrected chi connectivity index (χ0v) is 9.53. The van der Waals surface area contributed by atoms with E-state index in [1.807, 2.05) is 0 Å². The fourth-order valence-corrected chi connectivity index (χ4v) is 2.20. The molecule has 1 aromatic rings. The summed E-state index contributed by atoms with van der Waals surface area (Å²) in [6, 6.07) is 1.52. The van der Waals surface area contributed by atoms with Crippen molar-refractivity contribution in [3.8, 4) is 0 Å². The van der Waals surface area contributed by atoms with Crippen molar-refractivity contribution in [2.45, 2.75) is 25.3 Å². The maximum atomic E-state index is 13.3. The highest BCUT2D eigenvalue weighted by atomic mass is 19.1. The van der Waals surface area contributed by atoms with Crippen LogP contribution < -0.4 is 11.1 Å². The van der Waals surface area contributed by atoms with Crippen LogP contribution in [0.2, 0.25) is 0 Å². The van der Waals surface area contributed by atoms with Gasteiger partial charge in [0.25, 0.3) is 5.91 Å². The standard InChI is InChI=1S/C12H16FN3O/c13-10-7-15-5-4-9(10)12(17)16-6-8-2-1-3-11(8)14/h4-5,7-8,11H,1-3,6,14H2,(H,16,17). The van der Waals surface area contributed by atoms with E-state index in [-0.39, 0.29) is 11.6 Å². The molecule has 0 aromatic carbocycles. The van der Waals surface area contributed by atoms with Gasteiger partial charge in [0.1, 0.15) is 0 Å². The maximum absolute atomic E-state index is 13.3. The maximum Gasteiger partial charge on any atom is 0.254 e. The third-order valence-electron chi connectivity index (χ3n) is 3.26. The van der Waals surface area contributed by atoms with Crippen LogP contribution in [0.3, 0.4) is 0 Å². The first-order valence-corrected chi connectivity index (χ1v) is 5.82. The van der Waals surface area contributed by atoms with Gasteiger partial charge < -0.3 is 11.1 Å². The lowest BCUT2D eigenvalue weighted by Gasteiger charge is -2.15. The summed E-state index contributed by atoms with van der Waals surface area (Å²) in [5, 5.41) is 2.73. The van der Waals surface area contributed by atoms with Gasteiger partial charge in [-0.25, -0.2) is 4.39 Å². The Hall–Kier alpha value is -1.49. The molecule has 3 N–H and O–H groups in total. The van der Waals surface area contributed by atoms with E-state index in [0.717, 1.165) is 25.5 Å². The first-order valence-electron chi connectivity index (χ1n) is 5.82. The van der Waals surface area contributed by atoms with Crippen LogP contribution in [-0.2, 0) is 0 Å². The number of halogens is 1. The van der Waals surface area contributed by atoms with Gasteiger partial charge in [-0.15, -0.1) is 0 Å². The molecular weight excluding hydrogens is 221 g/mol. The van der Waals surface area contributed by atoms with Crippen LogP contribution in [0.1, 0.15) is 29.6 Å². The van der Waals surface area contributed by atoms with E-state index in [0.29, 0.717) is 12.5 Å². The quantitative estimate of drug-likeness (QED) is 0.826. The lowest BCUT2D eigenvalue weighted by Crippen LogP contribution is -2.36. The molecule has 0 radical (unpaired) electrons. The van der Waals surface area contributed by atoms with Crippen molar-refractivity contribution >= 4 is 5.91 Å². The summed E-state index contributed by atoms with van der Waals surface area (Å²) >= 11 is 0. The Morgan fingerprint density at radius 2 is 2.41 bits per heavy atom. The number of hydrogen-bond acceptors (Lipinski definition) is 3. The van der Waals surface area contributed by atoms with Crippen LogP contribution in [0.4, 0.5) is 4.39 Å². The fourth-order valence-electron chi connectivity index (χ4n) is 2.20. The first kappa shape index (κ1) is 12.0. The lowest BCUT2D eigenvalue weighted by atomic mass is 10.0. The van der Waals surface area contributed by atoms with Crippen LogP contribution in [0.5, 0.6) is 0 Å². The van der Waals surface area contributed by atoms with Crippen molar-refractivity contribution in [2.75, 3.05) is 6.54 Å². The molecule has 2 rings (SSSR count). The van der Waals surface area contributed by atoms with Crippen molar-refractivity contribution in [1.82, 2.24) is 10.3 Å². The zero-order chi connectivity index (χ0) is 12.3. The molecule has 4 nitrogen and oxygen atoms in total. The van der Waals surface area contributed by atoms with Gasteiger partial charge in [0.05, 0.1) is 11.8 Å². The summed E-state index contributed by atoms with van der Waals surface area (Å²) in [6.45, 7) is 0.516. The second-order valence-electron chi connectivity index (χ2n) is 4.42. The summed E-state index contributed by atoms with van der Waals surface area (Å²) in [5.41, 5.74) is 5.93. The highest BCUT2D eigenvalue weighted by Crippen LogP contribution is 2.23. The third-order valence-corrected chi connectivity index (χ3v) is 3.26. The second-order valence-corrected chi connectivity index (χ2v) is 4.42. The smallest absolute Gasteiger partial charge is 0.254 e. The van der Waals surface area contributed by atoms with Gasteiger partial charge in [-0.05, 0) is 24.8 Å². The summed E-state index contributed by atoms with van der Waals surface area (Å²) in [5.74, 6) is -0.687. The minimum absolute atomic E-state index is 0.0339. The second kappa shape index (κ2) is 5.23. The first-order chi connectivity index (χ1) is 8.18. The van der Waals surface area contributed by atoms with Crippen LogP contribution in [0, 0.1) is 11.7 Å². The number of carbonyl (C=O) groups excluding carboxylic acids is 1. The SMILES string of the molecule is NC1CCCC1CNC(=O)c1ccncc1F. The van der Waals surface area contributed by atoms with E-state index in [1.165, 1.54) is 12.3 Å². The lowest BCUT2D eigenvalue weighted by molar-refractivity contribution is 0.0942. The Labute approximate surface area is 99.4 Å². The topological polar surface area (TPSA) is 68.0 Å². The minimum atomic E-state index is -0.597.